The van der Waals surface area contributed by atoms with Crippen LogP contribution in [0.5, 0.6) is 11.5 Å². The fraction of sp³-hybridized carbons (Fsp3) is 0.373. The van der Waals surface area contributed by atoms with E-state index in [0.29, 0.717) is 61.1 Å². The van der Waals surface area contributed by atoms with Crippen LogP contribution < -0.4 is 25.0 Å². The number of halogens is 1. The van der Waals surface area contributed by atoms with E-state index in [2.05, 4.69) is 88.2 Å². The van der Waals surface area contributed by atoms with Crippen LogP contribution >= 0.6 is 11.6 Å². The summed E-state index contributed by atoms with van der Waals surface area (Å²) < 4.78 is 38.3. The zero-order valence-electron chi connectivity index (χ0n) is 51.1. The number of fused-ring (bicyclic) bond motifs is 2. The molecule has 5 aliphatic rings. The Morgan fingerprint density at radius 3 is 2.47 bits per heavy atom. The number of pyridine rings is 1. The van der Waals surface area contributed by atoms with Crippen LogP contribution in [0.2, 0.25) is 5.02 Å². The summed E-state index contributed by atoms with van der Waals surface area (Å²) in [6, 6.07) is 24.2. The van der Waals surface area contributed by atoms with Crippen molar-refractivity contribution in [3.8, 4) is 23.3 Å². The quantitative estimate of drug-likeness (QED) is 0.0182. The fourth-order valence-corrected chi connectivity index (χ4v) is 13.9. The number of amides is 5. The minimum Gasteiger partial charge on any atom is -0.455 e. The van der Waals surface area contributed by atoms with E-state index in [4.69, 9.17) is 16.3 Å². The van der Waals surface area contributed by atoms with E-state index in [1.54, 1.807) is 47.3 Å². The number of piperidine rings is 2. The molecule has 0 bridgehead atoms. The van der Waals surface area contributed by atoms with Gasteiger partial charge < -0.3 is 19.9 Å². The summed E-state index contributed by atoms with van der Waals surface area (Å²) in [5, 5.41) is 28.1. The second-order valence-corrected chi connectivity index (χ2v) is 27.1. The Kier molecular flexibility index (Phi) is 18.4. The lowest BCUT2D eigenvalue weighted by Gasteiger charge is -2.39. The van der Waals surface area contributed by atoms with E-state index < -0.39 is 61.1 Å². The molecule has 1 aliphatic carbocycles. The number of imide groups is 2. The summed E-state index contributed by atoms with van der Waals surface area (Å²) in [6.07, 6.45) is 12.1. The summed E-state index contributed by atoms with van der Waals surface area (Å²) in [5.41, 5.74) is 6.90. The van der Waals surface area contributed by atoms with Crippen molar-refractivity contribution in [3.63, 3.8) is 0 Å². The molecule has 4 N–H and O–H groups in total. The minimum absolute atomic E-state index is 0.0370. The van der Waals surface area contributed by atoms with Gasteiger partial charge in [0.25, 0.3) is 33.4 Å². The zero-order chi connectivity index (χ0) is 64.3. The first-order chi connectivity index (χ1) is 44.3. The van der Waals surface area contributed by atoms with Crippen molar-refractivity contribution in [2.45, 2.75) is 102 Å². The molecule has 1 unspecified atom stereocenters. The van der Waals surface area contributed by atoms with E-state index in [1.807, 2.05) is 24.4 Å². The number of rotatable bonds is 20. The van der Waals surface area contributed by atoms with Crippen LogP contribution in [0.1, 0.15) is 126 Å². The van der Waals surface area contributed by atoms with Crippen molar-refractivity contribution in [1.82, 2.24) is 49.7 Å². The molecular formula is C67H70ClN13O10S. The number of piperazine rings is 1. The normalized spacial score (nSPS) is 18.2. The number of nitrogens with one attached hydrogen (secondary N) is 4. The van der Waals surface area contributed by atoms with Gasteiger partial charge in [-0.25, -0.2) is 18.1 Å². The van der Waals surface area contributed by atoms with Crippen LogP contribution in [0.15, 0.2) is 120 Å². The number of ether oxygens (including phenoxy) is 1. The topological polar surface area (TPSA) is 280 Å². The lowest BCUT2D eigenvalue weighted by atomic mass is 9.72. The van der Waals surface area contributed by atoms with Crippen molar-refractivity contribution in [3.05, 3.63) is 164 Å². The maximum atomic E-state index is 14.2. The molecule has 1 atom stereocenters. The molecule has 5 amide bonds. The molecule has 12 rings (SSSR count). The summed E-state index contributed by atoms with van der Waals surface area (Å²) in [7, 11) is -4.65. The number of carbonyl (C=O) groups excluding carboxylic acids is 5. The highest BCUT2D eigenvalue weighted by atomic mass is 35.5. The van der Waals surface area contributed by atoms with Gasteiger partial charge in [0.1, 0.15) is 28.9 Å². The summed E-state index contributed by atoms with van der Waals surface area (Å²) in [6.45, 7) is 11.6. The van der Waals surface area contributed by atoms with E-state index in [9.17, 15) is 42.5 Å². The lowest BCUT2D eigenvalue weighted by molar-refractivity contribution is -0.384. The number of nitrogens with zero attached hydrogens (tertiary/aromatic N) is 9. The average molecular weight is 1280 g/mol. The third-order valence-electron chi connectivity index (χ3n) is 17.9. The van der Waals surface area contributed by atoms with Gasteiger partial charge in [-0.2, -0.15) is 0 Å². The van der Waals surface area contributed by atoms with E-state index >= 15 is 0 Å². The maximum Gasteiger partial charge on any atom is 0.293 e. The molecule has 7 heterocycles. The smallest absolute Gasteiger partial charge is 0.293 e. The number of unbranched alkanes of at least 4 members (excludes halogenated alkanes) is 2. The molecule has 476 valence electrons. The molecule has 3 aromatic heterocycles. The van der Waals surface area contributed by atoms with Crippen LogP contribution in [-0.2, 0) is 32.7 Å². The Labute approximate surface area is 537 Å². The predicted octanol–water partition coefficient (Wildman–Crippen LogP) is 9.36. The van der Waals surface area contributed by atoms with Gasteiger partial charge in [0.15, 0.2) is 0 Å². The van der Waals surface area contributed by atoms with Crippen LogP contribution in [0.25, 0.3) is 16.6 Å². The molecule has 23 nitrogen and oxygen atoms in total. The molecule has 0 saturated carbocycles. The van der Waals surface area contributed by atoms with Gasteiger partial charge in [-0.05, 0) is 148 Å². The monoisotopic (exact) mass is 1280 g/mol. The van der Waals surface area contributed by atoms with E-state index in [1.165, 1.54) is 41.1 Å². The Balaban J connectivity index is 0.622. The number of allylic oxidation sites excluding steroid dienone is 1. The van der Waals surface area contributed by atoms with Gasteiger partial charge in [0.2, 0.25) is 11.8 Å². The second-order valence-electron chi connectivity index (χ2n) is 24.9. The summed E-state index contributed by atoms with van der Waals surface area (Å²) in [5.74, 6) is 3.50. The molecule has 4 aromatic carbocycles. The van der Waals surface area contributed by atoms with Gasteiger partial charge >= 0.3 is 0 Å². The van der Waals surface area contributed by atoms with E-state index in [0.717, 1.165) is 105 Å². The van der Waals surface area contributed by atoms with Crippen molar-refractivity contribution in [1.29, 1.82) is 0 Å². The van der Waals surface area contributed by atoms with E-state index in [-0.39, 0.29) is 52.3 Å². The number of aromatic amines is 1. The van der Waals surface area contributed by atoms with Crippen molar-refractivity contribution >= 4 is 84.8 Å². The molecule has 3 saturated heterocycles. The average Bonchev–Trinajstić information content (AvgIpc) is 1.58. The number of aryl methyl sites for hydroxylation is 1. The summed E-state index contributed by atoms with van der Waals surface area (Å²) >= 11 is 6.28. The Bertz CT molecular complexity index is 4250. The molecule has 0 spiro atoms. The molecule has 0 radical (unpaired) electrons. The van der Waals surface area contributed by atoms with Crippen molar-refractivity contribution < 1.29 is 42.1 Å². The number of benzene rings is 4. The van der Waals surface area contributed by atoms with Crippen molar-refractivity contribution in [2.24, 2.45) is 11.3 Å². The molecule has 3 fully saturated rings. The summed E-state index contributed by atoms with van der Waals surface area (Å²) in [4.78, 5) is 91.8. The first kappa shape index (κ1) is 62.9. The Morgan fingerprint density at radius 2 is 1.68 bits per heavy atom. The molecule has 4 aliphatic heterocycles. The first-order valence-corrected chi connectivity index (χ1v) is 32.9. The third kappa shape index (κ3) is 14.3. The number of hydrogen-bond donors (Lipinski definition) is 4. The highest BCUT2D eigenvalue weighted by Crippen LogP contribution is 2.44. The maximum absolute atomic E-state index is 14.2. The number of sulfonamides is 1. The standard InChI is InChI=1S/C67H70ClN13O10S/c1-67(2)25-21-47(55(37-67)44-11-13-48(68)14-12-44)40-77-30-32-78(33-31-77)50-15-17-53(59(35-50)91-51-34-46-22-26-69-62(46)71-39-51)63(83)74-92(89,90)52-16-18-56(58(36-52)81(87)88)70-38-43-23-28-76(29-24-43)41-49-42-79(75-73-49)27-6-4-3-5-8-45-9-7-10-54-61(45)66(86)80(65(54)85)57-19-20-60(82)72-64(57)84/h7,9-18,22,26,34-36,39,42-43,57,70H,3-4,6,19-21,23-25,27-33,37-38,40-41H2,1-2H3,(H,69,71)(H,74,83)(H,72,82,84). The number of nitro groups is 1. The van der Waals surface area contributed by atoms with Crippen LogP contribution in [0.3, 0.4) is 0 Å². The number of anilines is 2. The SMILES string of the molecule is CC1(C)CCC(CN2CCN(c3ccc(C(=O)NS(=O)(=O)c4ccc(NCC5CCN(Cc6cn(CCCCC#Cc7cccc8c7C(=O)N(C7CCC(=O)NC7=O)C8=O)nn6)CC5)c([N+](=O)[O-])c4)c(Oc4cnc5[nH]ccc5c4)c3)CC2)=C(c2ccc(Cl)cc2)C1. The van der Waals surface area contributed by atoms with Gasteiger partial charge in [-0.3, -0.25) is 58.8 Å². The van der Waals surface area contributed by atoms with Gasteiger partial charge in [0, 0.05) is 111 Å². The Hall–Kier alpha value is -9.28. The number of likely N-dealkylation sites (tertiary alicyclic amines) is 1. The molecule has 7 aromatic rings. The van der Waals surface area contributed by atoms with Crippen LogP contribution in [-0.4, -0.2) is 141 Å². The second kappa shape index (κ2) is 26.9. The number of carbonyl (C=O) groups is 5. The molecule has 25 heteroatoms. The lowest BCUT2D eigenvalue weighted by Crippen LogP contribution is -2.54. The zero-order valence-corrected chi connectivity index (χ0v) is 52.7. The first-order valence-electron chi connectivity index (χ1n) is 31.0. The Morgan fingerprint density at radius 1 is 0.891 bits per heavy atom. The van der Waals surface area contributed by atoms with Gasteiger partial charge in [0.05, 0.1) is 38.4 Å². The van der Waals surface area contributed by atoms with Crippen molar-refractivity contribution in [2.75, 3.05) is 62.6 Å². The van der Waals surface area contributed by atoms with Gasteiger partial charge in [-0.15, -0.1) is 5.10 Å². The van der Waals surface area contributed by atoms with Gasteiger partial charge in [-0.1, -0.05) is 66.3 Å². The predicted molar refractivity (Wildman–Crippen MR) is 345 cm³/mol. The number of aromatic nitrogens is 5. The molecular weight excluding hydrogens is 1210 g/mol. The highest BCUT2D eigenvalue weighted by molar-refractivity contribution is 7.90. The number of nitro benzene ring substituents is 1. The highest BCUT2D eigenvalue weighted by Gasteiger charge is 2.45. The van der Waals surface area contributed by atoms with Crippen LogP contribution in [0, 0.1) is 33.3 Å². The third-order valence-corrected chi connectivity index (χ3v) is 19.5. The van der Waals surface area contributed by atoms with Crippen LogP contribution in [0.4, 0.5) is 17.1 Å². The number of H-pyrrole nitrogens is 1. The number of hydrogen-bond acceptors (Lipinski definition) is 17. The molecule has 92 heavy (non-hydrogen) atoms. The fourth-order valence-electron chi connectivity index (χ4n) is 12.8. The largest absolute Gasteiger partial charge is 0.455 e. The minimum atomic E-state index is -4.65.